The van der Waals surface area contributed by atoms with Crippen LogP contribution in [-0.4, -0.2) is 27.4 Å². The zero-order valence-electron chi connectivity index (χ0n) is 10.4. The number of carbonyl (C=O) groups is 1. The molecule has 0 unspecified atom stereocenters. The van der Waals surface area contributed by atoms with Crippen LogP contribution in [0.1, 0.15) is 5.56 Å². The minimum atomic E-state index is -0.169. The Kier molecular flexibility index (Phi) is 4.15. The number of aliphatic hydroxyl groups excluding tert-OH is 1. The number of nitrogens with zero attached hydrogens (tertiary/aromatic N) is 2. The fraction of sp³-hybridized carbons (Fsp3) is 0.231. The number of nitrogens with one attached hydrogen (secondary N) is 1. The third-order valence-corrected chi connectivity index (χ3v) is 2.60. The van der Waals surface area contributed by atoms with Gasteiger partial charge in [-0.25, -0.2) is 0 Å². The minimum Gasteiger partial charge on any atom is -0.396 e. The minimum absolute atomic E-state index is 0.117. The molecule has 0 fully saturated rings. The van der Waals surface area contributed by atoms with Crippen molar-refractivity contribution in [3.8, 4) is 0 Å². The molecule has 0 aliphatic rings. The van der Waals surface area contributed by atoms with E-state index in [-0.39, 0.29) is 19.1 Å². The van der Waals surface area contributed by atoms with Gasteiger partial charge in [0.05, 0.1) is 11.9 Å². The number of hydrogen-bond donors (Lipinski definition) is 3. The number of anilines is 2. The van der Waals surface area contributed by atoms with Crippen molar-refractivity contribution in [3.05, 3.63) is 42.2 Å². The van der Waals surface area contributed by atoms with Crippen molar-refractivity contribution in [3.63, 3.8) is 0 Å². The number of nitrogens with two attached hydrogens (primary N) is 1. The average Bonchev–Trinajstić information content (AvgIpc) is 2.77. The molecule has 1 heterocycles. The summed E-state index contributed by atoms with van der Waals surface area (Å²) < 4.78 is 1.48. The number of amides is 1. The second-order valence-corrected chi connectivity index (χ2v) is 4.19. The molecule has 4 N–H and O–H groups in total. The lowest BCUT2D eigenvalue weighted by atomic mass is 10.1. The second kappa shape index (κ2) is 6.01. The normalized spacial score (nSPS) is 10.4. The van der Waals surface area contributed by atoms with Gasteiger partial charge in [-0.3, -0.25) is 9.48 Å². The summed E-state index contributed by atoms with van der Waals surface area (Å²) in [5.74, 6) is -0.169. The zero-order chi connectivity index (χ0) is 13.7. The molecule has 19 heavy (non-hydrogen) atoms. The first-order valence-corrected chi connectivity index (χ1v) is 5.95. The molecule has 0 aliphatic heterocycles. The fourth-order valence-corrected chi connectivity index (χ4v) is 1.70. The van der Waals surface area contributed by atoms with Gasteiger partial charge < -0.3 is 16.2 Å². The average molecular weight is 260 g/mol. The van der Waals surface area contributed by atoms with E-state index in [0.29, 0.717) is 17.8 Å². The molecule has 0 aliphatic carbocycles. The predicted octanol–water partition coefficient (Wildman–Crippen LogP) is 0.639. The molecule has 6 heteroatoms. The van der Waals surface area contributed by atoms with Crippen molar-refractivity contribution in [1.29, 1.82) is 0 Å². The van der Waals surface area contributed by atoms with Crippen molar-refractivity contribution < 1.29 is 9.90 Å². The number of rotatable bonds is 5. The molecule has 1 amide bonds. The van der Waals surface area contributed by atoms with E-state index in [9.17, 15) is 4.79 Å². The predicted molar refractivity (Wildman–Crippen MR) is 72.5 cm³/mol. The van der Waals surface area contributed by atoms with E-state index in [4.69, 9.17) is 10.8 Å². The number of hydrogen-bond acceptors (Lipinski definition) is 4. The van der Waals surface area contributed by atoms with Gasteiger partial charge in [0, 0.05) is 18.5 Å². The van der Waals surface area contributed by atoms with E-state index in [1.165, 1.54) is 10.9 Å². The molecule has 100 valence electrons. The van der Waals surface area contributed by atoms with Gasteiger partial charge in [0.25, 0.3) is 0 Å². The largest absolute Gasteiger partial charge is 0.396 e. The van der Waals surface area contributed by atoms with E-state index in [1.54, 1.807) is 18.3 Å². The summed E-state index contributed by atoms with van der Waals surface area (Å²) in [6.07, 6.45) is 3.71. The topological polar surface area (TPSA) is 93.2 Å². The first kappa shape index (κ1) is 13.1. The maximum Gasteiger partial charge on any atom is 0.246 e. The van der Waals surface area contributed by atoms with Crippen molar-refractivity contribution in [2.45, 2.75) is 13.0 Å². The van der Waals surface area contributed by atoms with Crippen LogP contribution in [0.2, 0.25) is 0 Å². The summed E-state index contributed by atoms with van der Waals surface area (Å²) in [7, 11) is 0. The SMILES string of the molecule is Nc1cnn(CC(=O)Nc2ccc(CCO)cc2)c1. The van der Waals surface area contributed by atoms with Crippen LogP contribution in [0.15, 0.2) is 36.7 Å². The summed E-state index contributed by atoms with van der Waals surface area (Å²) in [6, 6.07) is 7.36. The summed E-state index contributed by atoms with van der Waals surface area (Å²) in [5.41, 5.74) is 7.79. The Labute approximate surface area is 110 Å². The van der Waals surface area contributed by atoms with Crippen LogP contribution in [0.5, 0.6) is 0 Å². The Morgan fingerprint density at radius 3 is 2.68 bits per heavy atom. The van der Waals surface area contributed by atoms with Gasteiger partial charge in [0.1, 0.15) is 6.54 Å². The summed E-state index contributed by atoms with van der Waals surface area (Å²) >= 11 is 0. The van der Waals surface area contributed by atoms with Crippen LogP contribution >= 0.6 is 0 Å². The lowest BCUT2D eigenvalue weighted by Gasteiger charge is -2.06. The van der Waals surface area contributed by atoms with Gasteiger partial charge in [0.15, 0.2) is 0 Å². The molecule has 0 atom stereocenters. The third-order valence-electron chi connectivity index (χ3n) is 2.60. The van der Waals surface area contributed by atoms with E-state index < -0.39 is 0 Å². The van der Waals surface area contributed by atoms with E-state index >= 15 is 0 Å². The van der Waals surface area contributed by atoms with Gasteiger partial charge in [0.2, 0.25) is 5.91 Å². The van der Waals surface area contributed by atoms with Crippen LogP contribution in [0.4, 0.5) is 11.4 Å². The summed E-state index contributed by atoms with van der Waals surface area (Å²) in [5, 5.41) is 15.5. The standard InChI is InChI=1S/C13H16N4O2/c14-11-7-15-17(8-11)9-13(19)16-12-3-1-10(2-4-12)5-6-18/h1-4,7-8,18H,5-6,9,14H2,(H,16,19). The van der Waals surface area contributed by atoms with Gasteiger partial charge in [-0.2, -0.15) is 5.10 Å². The Hall–Kier alpha value is -2.34. The van der Waals surface area contributed by atoms with Crippen molar-refractivity contribution in [2.75, 3.05) is 17.7 Å². The first-order chi connectivity index (χ1) is 9.17. The van der Waals surface area contributed by atoms with Gasteiger partial charge in [-0.1, -0.05) is 12.1 Å². The highest BCUT2D eigenvalue weighted by molar-refractivity contribution is 5.90. The molecule has 0 spiro atoms. The Bertz CT molecular complexity index is 548. The number of aromatic nitrogens is 2. The Balaban J connectivity index is 1.91. The highest BCUT2D eigenvalue weighted by Gasteiger charge is 2.04. The van der Waals surface area contributed by atoms with Crippen LogP contribution in [0.3, 0.4) is 0 Å². The highest BCUT2D eigenvalue weighted by atomic mass is 16.3. The molecular formula is C13H16N4O2. The van der Waals surface area contributed by atoms with Gasteiger partial charge in [-0.15, -0.1) is 0 Å². The maximum absolute atomic E-state index is 11.7. The summed E-state index contributed by atoms with van der Waals surface area (Å²) in [4.78, 5) is 11.7. The van der Waals surface area contributed by atoms with Crippen LogP contribution in [0.25, 0.3) is 0 Å². The Morgan fingerprint density at radius 2 is 2.11 bits per heavy atom. The molecule has 2 rings (SSSR count). The number of carbonyl (C=O) groups excluding carboxylic acids is 1. The van der Waals surface area contributed by atoms with Crippen molar-refractivity contribution >= 4 is 17.3 Å². The van der Waals surface area contributed by atoms with Gasteiger partial charge in [-0.05, 0) is 24.1 Å². The van der Waals surface area contributed by atoms with Crippen LogP contribution < -0.4 is 11.1 Å². The van der Waals surface area contributed by atoms with Crippen molar-refractivity contribution in [1.82, 2.24) is 9.78 Å². The van der Waals surface area contributed by atoms with Crippen LogP contribution in [-0.2, 0) is 17.8 Å². The van der Waals surface area contributed by atoms with E-state index in [0.717, 1.165) is 5.56 Å². The molecule has 1 aromatic heterocycles. The summed E-state index contributed by atoms with van der Waals surface area (Å²) in [6.45, 7) is 0.238. The third kappa shape index (κ3) is 3.82. The molecule has 1 aromatic carbocycles. The quantitative estimate of drug-likeness (QED) is 0.735. The maximum atomic E-state index is 11.7. The van der Waals surface area contributed by atoms with Crippen LogP contribution in [0, 0.1) is 0 Å². The monoisotopic (exact) mass is 260 g/mol. The van der Waals surface area contributed by atoms with Crippen molar-refractivity contribution in [2.24, 2.45) is 0 Å². The molecule has 6 nitrogen and oxygen atoms in total. The number of nitrogen functional groups attached to an aromatic ring is 1. The second-order valence-electron chi connectivity index (χ2n) is 4.19. The van der Waals surface area contributed by atoms with E-state index in [2.05, 4.69) is 10.4 Å². The first-order valence-electron chi connectivity index (χ1n) is 5.95. The Morgan fingerprint density at radius 1 is 1.37 bits per heavy atom. The smallest absolute Gasteiger partial charge is 0.246 e. The molecule has 0 saturated carbocycles. The zero-order valence-corrected chi connectivity index (χ0v) is 10.4. The van der Waals surface area contributed by atoms with Gasteiger partial charge >= 0.3 is 0 Å². The fourth-order valence-electron chi connectivity index (χ4n) is 1.70. The lowest BCUT2D eigenvalue weighted by Crippen LogP contribution is -2.18. The lowest BCUT2D eigenvalue weighted by molar-refractivity contribution is -0.116. The molecule has 0 saturated heterocycles. The number of aliphatic hydroxyl groups is 1. The number of benzene rings is 1. The van der Waals surface area contributed by atoms with E-state index in [1.807, 2.05) is 12.1 Å². The molecule has 2 aromatic rings. The molecular weight excluding hydrogens is 244 g/mol. The highest BCUT2D eigenvalue weighted by Crippen LogP contribution is 2.10. The molecule has 0 radical (unpaired) electrons. The molecule has 0 bridgehead atoms.